The maximum Gasteiger partial charge on any atom is 0.237 e. The van der Waals surface area contributed by atoms with Gasteiger partial charge in [0.05, 0.1) is 6.04 Å². The summed E-state index contributed by atoms with van der Waals surface area (Å²) in [4.78, 5) is 11.5. The summed E-state index contributed by atoms with van der Waals surface area (Å²) in [6.45, 7) is 9.03. The number of hydrogen-bond acceptors (Lipinski definition) is 2. The lowest BCUT2D eigenvalue weighted by molar-refractivity contribution is -0.123. The van der Waals surface area contributed by atoms with Gasteiger partial charge in [-0.3, -0.25) is 4.79 Å². The Morgan fingerprint density at radius 1 is 1.29 bits per heavy atom. The van der Waals surface area contributed by atoms with Crippen molar-refractivity contribution in [1.29, 1.82) is 0 Å². The molecular weight excluding hydrogens is 176 g/mol. The van der Waals surface area contributed by atoms with Gasteiger partial charge in [-0.1, -0.05) is 40.5 Å². The van der Waals surface area contributed by atoms with Crippen molar-refractivity contribution >= 4 is 5.91 Å². The van der Waals surface area contributed by atoms with E-state index in [1.165, 1.54) is 0 Å². The molecule has 0 spiro atoms. The minimum atomic E-state index is -0.357. The fourth-order valence-electron chi connectivity index (χ4n) is 1.05. The standard InChI is InChI=1S/C11H24N2O/c1-5-8(3)7-13-11(14)10(12)9(4)6-2/h8-10H,5-7,12H2,1-4H3,(H,13,14)/t8?,9?,10-/m0/s1. The summed E-state index contributed by atoms with van der Waals surface area (Å²) in [7, 11) is 0. The van der Waals surface area contributed by atoms with E-state index in [1.807, 2.05) is 13.8 Å². The van der Waals surface area contributed by atoms with Crippen LogP contribution in [0.25, 0.3) is 0 Å². The van der Waals surface area contributed by atoms with Crippen LogP contribution in [0.5, 0.6) is 0 Å². The first-order valence-electron chi connectivity index (χ1n) is 5.56. The molecule has 0 fully saturated rings. The van der Waals surface area contributed by atoms with E-state index >= 15 is 0 Å². The molecule has 0 saturated heterocycles. The lowest BCUT2D eigenvalue weighted by Crippen LogP contribution is -2.45. The lowest BCUT2D eigenvalue weighted by atomic mass is 9.99. The molecule has 0 aromatic carbocycles. The Kier molecular flexibility index (Phi) is 6.54. The minimum absolute atomic E-state index is 0.0142. The van der Waals surface area contributed by atoms with E-state index in [9.17, 15) is 4.79 Å². The molecule has 1 amide bonds. The van der Waals surface area contributed by atoms with Crippen LogP contribution in [0.1, 0.15) is 40.5 Å². The molecule has 0 bridgehead atoms. The first-order valence-corrected chi connectivity index (χ1v) is 5.56. The second kappa shape index (κ2) is 6.82. The maximum atomic E-state index is 11.5. The highest BCUT2D eigenvalue weighted by molar-refractivity contribution is 5.81. The van der Waals surface area contributed by atoms with Crippen LogP contribution >= 0.6 is 0 Å². The summed E-state index contributed by atoms with van der Waals surface area (Å²) < 4.78 is 0. The van der Waals surface area contributed by atoms with Crippen molar-refractivity contribution in [3.8, 4) is 0 Å². The Morgan fingerprint density at radius 3 is 2.29 bits per heavy atom. The largest absolute Gasteiger partial charge is 0.354 e. The molecule has 3 atom stereocenters. The van der Waals surface area contributed by atoms with E-state index < -0.39 is 0 Å². The lowest BCUT2D eigenvalue weighted by Gasteiger charge is -2.19. The second-order valence-corrected chi connectivity index (χ2v) is 4.17. The van der Waals surface area contributed by atoms with Crippen LogP contribution in [0, 0.1) is 11.8 Å². The minimum Gasteiger partial charge on any atom is -0.354 e. The number of nitrogens with one attached hydrogen (secondary N) is 1. The monoisotopic (exact) mass is 200 g/mol. The van der Waals surface area contributed by atoms with Gasteiger partial charge in [-0.25, -0.2) is 0 Å². The number of nitrogens with two attached hydrogens (primary N) is 1. The van der Waals surface area contributed by atoms with Gasteiger partial charge in [0, 0.05) is 6.54 Å². The molecule has 0 aliphatic carbocycles. The highest BCUT2D eigenvalue weighted by atomic mass is 16.2. The fourth-order valence-corrected chi connectivity index (χ4v) is 1.05. The molecule has 0 aromatic rings. The topological polar surface area (TPSA) is 55.1 Å². The van der Waals surface area contributed by atoms with Gasteiger partial charge in [-0.2, -0.15) is 0 Å². The van der Waals surface area contributed by atoms with Gasteiger partial charge < -0.3 is 11.1 Å². The van der Waals surface area contributed by atoms with Crippen LogP contribution in [-0.4, -0.2) is 18.5 Å². The third-order valence-electron chi connectivity index (χ3n) is 2.88. The quantitative estimate of drug-likeness (QED) is 0.683. The van der Waals surface area contributed by atoms with Gasteiger partial charge >= 0.3 is 0 Å². The Morgan fingerprint density at radius 2 is 1.86 bits per heavy atom. The third kappa shape index (κ3) is 4.61. The highest BCUT2D eigenvalue weighted by Gasteiger charge is 2.18. The molecule has 0 rings (SSSR count). The van der Waals surface area contributed by atoms with E-state index in [0.717, 1.165) is 19.4 Å². The van der Waals surface area contributed by atoms with Crippen LogP contribution in [0.3, 0.4) is 0 Å². The molecule has 84 valence electrons. The SMILES string of the molecule is CCC(C)CNC(=O)[C@@H](N)C(C)CC. The fraction of sp³-hybridized carbons (Fsp3) is 0.909. The molecule has 3 N–H and O–H groups in total. The molecule has 3 heteroatoms. The third-order valence-corrected chi connectivity index (χ3v) is 2.88. The van der Waals surface area contributed by atoms with E-state index in [1.54, 1.807) is 0 Å². The zero-order valence-electron chi connectivity index (χ0n) is 9.84. The summed E-state index contributed by atoms with van der Waals surface area (Å²) in [5, 5.41) is 2.88. The maximum absolute atomic E-state index is 11.5. The first kappa shape index (κ1) is 13.4. The predicted molar refractivity (Wildman–Crippen MR) is 59.9 cm³/mol. The average Bonchev–Trinajstić information content (AvgIpc) is 2.22. The van der Waals surface area contributed by atoms with Gasteiger partial charge in [-0.15, -0.1) is 0 Å². The number of amides is 1. The smallest absolute Gasteiger partial charge is 0.237 e. The van der Waals surface area contributed by atoms with Crippen LogP contribution in [0.15, 0.2) is 0 Å². The summed E-state index contributed by atoms with van der Waals surface area (Å²) in [5.41, 5.74) is 5.79. The Bertz CT molecular complexity index is 171. The van der Waals surface area contributed by atoms with Crippen molar-refractivity contribution < 1.29 is 4.79 Å². The summed E-state index contributed by atoms with van der Waals surface area (Å²) in [6, 6.07) is -0.357. The predicted octanol–water partition coefficient (Wildman–Crippen LogP) is 1.52. The second-order valence-electron chi connectivity index (χ2n) is 4.17. The van der Waals surface area contributed by atoms with Gasteiger partial charge in [0.15, 0.2) is 0 Å². The number of rotatable bonds is 6. The average molecular weight is 200 g/mol. The van der Waals surface area contributed by atoms with Gasteiger partial charge in [0.1, 0.15) is 0 Å². The molecule has 0 saturated carbocycles. The van der Waals surface area contributed by atoms with Crippen molar-refractivity contribution in [2.75, 3.05) is 6.54 Å². The van der Waals surface area contributed by atoms with E-state index in [4.69, 9.17) is 5.73 Å². The Hall–Kier alpha value is -0.570. The first-order chi connectivity index (χ1) is 6.52. The number of carbonyl (C=O) groups excluding carboxylic acids is 1. The highest BCUT2D eigenvalue weighted by Crippen LogP contribution is 2.05. The van der Waals surface area contributed by atoms with Crippen LogP contribution in [0.4, 0.5) is 0 Å². The molecular formula is C11H24N2O. The van der Waals surface area contributed by atoms with Crippen LogP contribution < -0.4 is 11.1 Å². The zero-order valence-corrected chi connectivity index (χ0v) is 9.84. The van der Waals surface area contributed by atoms with Gasteiger partial charge in [-0.05, 0) is 11.8 Å². The molecule has 0 radical (unpaired) electrons. The summed E-state index contributed by atoms with van der Waals surface area (Å²) in [6.07, 6.45) is 2.02. The Labute approximate surface area is 87.4 Å². The van der Waals surface area contributed by atoms with E-state index in [2.05, 4.69) is 19.2 Å². The zero-order chi connectivity index (χ0) is 11.1. The van der Waals surface area contributed by atoms with Crippen molar-refractivity contribution in [3.05, 3.63) is 0 Å². The van der Waals surface area contributed by atoms with Crippen molar-refractivity contribution in [3.63, 3.8) is 0 Å². The molecule has 0 aliphatic heterocycles. The van der Waals surface area contributed by atoms with E-state index in [0.29, 0.717) is 5.92 Å². The molecule has 0 aliphatic rings. The molecule has 0 aromatic heterocycles. The molecule has 2 unspecified atom stereocenters. The summed E-state index contributed by atoms with van der Waals surface area (Å²) in [5.74, 6) is 0.773. The molecule has 0 heterocycles. The van der Waals surface area contributed by atoms with E-state index in [-0.39, 0.29) is 17.9 Å². The van der Waals surface area contributed by atoms with Crippen LogP contribution in [-0.2, 0) is 4.79 Å². The van der Waals surface area contributed by atoms with Gasteiger partial charge in [0.25, 0.3) is 0 Å². The van der Waals surface area contributed by atoms with Crippen molar-refractivity contribution in [2.24, 2.45) is 17.6 Å². The summed E-state index contributed by atoms with van der Waals surface area (Å²) >= 11 is 0. The molecule has 3 nitrogen and oxygen atoms in total. The number of carbonyl (C=O) groups is 1. The number of hydrogen-bond donors (Lipinski definition) is 2. The Balaban J connectivity index is 3.84. The normalized spacial score (nSPS) is 17.2. The van der Waals surface area contributed by atoms with Crippen molar-refractivity contribution in [1.82, 2.24) is 5.32 Å². The van der Waals surface area contributed by atoms with Gasteiger partial charge in [0.2, 0.25) is 5.91 Å². The molecule has 14 heavy (non-hydrogen) atoms. The van der Waals surface area contributed by atoms with Crippen LogP contribution in [0.2, 0.25) is 0 Å². The van der Waals surface area contributed by atoms with Crippen molar-refractivity contribution in [2.45, 2.75) is 46.6 Å².